The minimum absolute atomic E-state index is 0.239. The highest BCUT2D eigenvalue weighted by Gasteiger charge is 2.60. The standard InChI is InChI=1S/C35H43Cl2N5O4S/c1-8-46-29-21-30(33(2,3)4)38-22-28(29)31-39-34(5,23-9-13-25(36)14-10-23)35(6,24-11-15-26(37)16-12-24)42(31)32(43)41-19-17-27(18-20-41)40-47(7,44)45/h9-16,21-22,27,40H,8,17-20H2,1-7H3. The van der Waals surface area contributed by atoms with Crippen molar-refractivity contribution in [3.63, 3.8) is 0 Å². The number of sulfonamides is 1. The van der Waals surface area contributed by atoms with Crippen molar-refractivity contribution in [1.29, 1.82) is 0 Å². The molecule has 1 aromatic heterocycles. The monoisotopic (exact) mass is 699 g/mol. The van der Waals surface area contributed by atoms with Gasteiger partial charge in [0.1, 0.15) is 22.7 Å². The Bertz CT molecular complexity index is 1770. The number of piperidine rings is 1. The summed E-state index contributed by atoms with van der Waals surface area (Å²) in [6.07, 6.45) is 3.87. The lowest BCUT2D eigenvalue weighted by Crippen LogP contribution is -2.59. The third kappa shape index (κ3) is 6.88. The number of carbonyl (C=O) groups excluding carboxylic acids is 1. The van der Waals surface area contributed by atoms with Crippen LogP contribution in [0.5, 0.6) is 5.75 Å². The van der Waals surface area contributed by atoms with Gasteiger partial charge in [0.25, 0.3) is 0 Å². The van der Waals surface area contributed by atoms with Crippen LogP contribution in [0.2, 0.25) is 10.0 Å². The van der Waals surface area contributed by atoms with E-state index in [9.17, 15) is 8.42 Å². The van der Waals surface area contributed by atoms with Gasteiger partial charge in [0.15, 0.2) is 0 Å². The Kier molecular flexibility index (Phi) is 9.74. The summed E-state index contributed by atoms with van der Waals surface area (Å²) in [5, 5.41) is 1.16. The lowest BCUT2D eigenvalue weighted by Gasteiger charge is -2.47. The second kappa shape index (κ2) is 13.0. The third-order valence-electron chi connectivity index (χ3n) is 9.26. The summed E-state index contributed by atoms with van der Waals surface area (Å²) >= 11 is 12.7. The van der Waals surface area contributed by atoms with Crippen LogP contribution in [0.25, 0.3) is 0 Å². The van der Waals surface area contributed by atoms with Crippen LogP contribution in [0.1, 0.15) is 76.8 Å². The molecule has 47 heavy (non-hydrogen) atoms. The number of pyridine rings is 1. The van der Waals surface area contributed by atoms with E-state index in [1.807, 2.05) is 75.4 Å². The fourth-order valence-corrected chi connectivity index (χ4v) is 7.58. The minimum atomic E-state index is -3.38. The second-order valence-corrected chi connectivity index (χ2v) is 16.3. The zero-order valence-corrected chi connectivity index (χ0v) is 30.3. The number of ether oxygens (including phenoxy) is 1. The number of hydrogen-bond donors (Lipinski definition) is 1. The van der Waals surface area contributed by atoms with Crippen LogP contribution in [-0.2, 0) is 26.5 Å². The molecule has 2 unspecified atom stereocenters. The molecule has 12 heteroatoms. The maximum absolute atomic E-state index is 15.0. The molecule has 2 aromatic carbocycles. The van der Waals surface area contributed by atoms with E-state index in [1.165, 1.54) is 0 Å². The van der Waals surface area contributed by atoms with Gasteiger partial charge in [-0.25, -0.2) is 17.9 Å². The van der Waals surface area contributed by atoms with Gasteiger partial charge in [0, 0.05) is 52.5 Å². The van der Waals surface area contributed by atoms with Crippen molar-refractivity contribution >= 4 is 45.1 Å². The summed E-state index contributed by atoms with van der Waals surface area (Å²) in [5.41, 5.74) is 0.835. The zero-order chi connectivity index (χ0) is 34.4. The number of benzene rings is 2. The topological polar surface area (TPSA) is 104 Å². The van der Waals surface area contributed by atoms with Crippen molar-refractivity contribution in [2.24, 2.45) is 4.99 Å². The van der Waals surface area contributed by atoms with E-state index >= 15 is 4.79 Å². The number of aromatic nitrogens is 1. The number of nitrogens with zero attached hydrogens (tertiary/aromatic N) is 4. The number of likely N-dealkylation sites (tertiary alicyclic amines) is 1. The average molecular weight is 701 g/mol. The SMILES string of the molecule is CCOc1cc(C(C)(C)C)ncc1C1=NC(C)(c2ccc(Cl)cc2)C(C)(c2ccc(Cl)cc2)N1C(=O)N1CCC(NS(C)(=O)=O)CC1. The molecule has 1 saturated heterocycles. The van der Waals surface area contributed by atoms with Gasteiger partial charge in [-0.15, -0.1) is 0 Å². The molecule has 5 rings (SSSR count). The van der Waals surface area contributed by atoms with Gasteiger partial charge in [-0.1, -0.05) is 68.2 Å². The first-order chi connectivity index (χ1) is 22.0. The molecule has 2 atom stereocenters. The van der Waals surface area contributed by atoms with Crippen LogP contribution >= 0.6 is 23.2 Å². The summed E-state index contributed by atoms with van der Waals surface area (Å²) < 4.78 is 32.8. The molecule has 0 spiro atoms. The number of carbonyl (C=O) groups is 1. The van der Waals surface area contributed by atoms with Gasteiger partial charge in [0.05, 0.1) is 18.4 Å². The predicted molar refractivity (Wildman–Crippen MR) is 188 cm³/mol. The highest BCUT2D eigenvalue weighted by Crippen LogP contribution is 2.54. The van der Waals surface area contributed by atoms with Crippen LogP contribution in [0, 0.1) is 0 Å². The number of rotatable bonds is 7. The lowest BCUT2D eigenvalue weighted by atomic mass is 9.71. The van der Waals surface area contributed by atoms with Crippen molar-refractivity contribution in [3.8, 4) is 5.75 Å². The van der Waals surface area contributed by atoms with E-state index in [0.29, 0.717) is 59.7 Å². The average Bonchev–Trinajstić information content (AvgIpc) is 3.24. The molecule has 1 fully saturated rings. The Morgan fingerprint density at radius 3 is 2.06 bits per heavy atom. The van der Waals surface area contributed by atoms with Crippen LogP contribution in [0.15, 0.2) is 65.8 Å². The molecule has 252 valence electrons. The Balaban J connectivity index is 1.72. The van der Waals surface area contributed by atoms with E-state index in [-0.39, 0.29) is 17.5 Å². The quantitative estimate of drug-likeness (QED) is 0.283. The first-order valence-electron chi connectivity index (χ1n) is 15.8. The molecule has 3 heterocycles. The molecule has 3 aromatic rings. The smallest absolute Gasteiger partial charge is 0.326 e. The summed E-state index contributed by atoms with van der Waals surface area (Å²) in [6, 6.07) is 16.5. The first-order valence-corrected chi connectivity index (χ1v) is 18.4. The van der Waals surface area contributed by atoms with Crippen LogP contribution in [0.4, 0.5) is 4.79 Å². The molecule has 1 N–H and O–H groups in total. The number of aliphatic imine (C=N–C) groups is 1. The van der Waals surface area contributed by atoms with Crippen molar-refractivity contribution in [2.75, 3.05) is 26.0 Å². The fourth-order valence-electron chi connectivity index (χ4n) is 6.49. The number of nitrogens with one attached hydrogen (secondary N) is 1. The number of urea groups is 1. The van der Waals surface area contributed by atoms with E-state index in [0.717, 1.165) is 23.1 Å². The molecule has 2 amide bonds. The van der Waals surface area contributed by atoms with Gasteiger partial charge < -0.3 is 9.64 Å². The molecule has 0 bridgehead atoms. The molecule has 0 radical (unpaired) electrons. The number of halogens is 2. The fraction of sp³-hybridized carbons (Fsp3) is 0.457. The van der Waals surface area contributed by atoms with Gasteiger partial charge >= 0.3 is 6.03 Å². The van der Waals surface area contributed by atoms with Crippen LogP contribution in [0.3, 0.4) is 0 Å². The Labute approximate surface area is 288 Å². The molecule has 2 aliphatic rings. The molecule has 9 nitrogen and oxygen atoms in total. The van der Waals surface area contributed by atoms with Crippen LogP contribution < -0.4 is 9.46 Å². The van der Waals surface area contributed by atoms with Crippen molar-refractivity contribution in [3.05, 3.63) is 93.2 Å². The van der Waals surface area contributed by atoms with Gasteiger partial charge in [-0.3, -0.25) is 14.9 Å². The number of amides is 2. The zero-order valence-electron chi connectivity index (χ0n) is 28.0. The van der Waals surface area contributed by atoms with Crippen molar-refractivity contribution < 1.29 is 17.9 Å². The number of hydrogen-bond acceptors (Lipinski definition) is 6. The third-order valence-corrected chi connectivity index (χ3v) is 10.5. The second-order valence-electron chi connectivity index (χ2n) is 13.6. The van der Waals surface area contributed by atoms with E-state index in [4.69, 9.17) is 37.9 Å². The summed E-state index contributed by atoms with van der Waals surface area (Å²) in [4.78, 5) is 28.9. The van der Waals surface area contributed by atoms with Crippen molar-refractivity contribution in [1.82, 2.24) is 19.5 Å². The van der Waals surface area contributed by atoms with Gasteiger partial charge in [0.2, 0.25) is 10.0 Å². The minimum Gasteiger partial charge on any atom is -0.493 e. The van der Waals surface area contributed by atoms with Crippen molar-refractivity contribution in [2.45, 2.75) is 76.9 Å². The normalized spacial score (nSPS) is 22.4. The van der Waals surface area contributed by atoms with Gasteiger partial charge in [-0.2, -0.15) is 0 Å². The van der Waals surface area contributed by atoms with E-state index in [2.05, 4.69) is 25.5 Å². The molecular formula is C35H43Cl2N5O4S. The largest absolute Gasteiger partial charge is 0.493 e. The molecular weight excluding hydrogens is 657 g/mol. The van der Waals surface area contributed by atoms with E-state index in [1.54, 1.807) is 16.0 Å². The first kappa shape index (κ1) is 35.1. The Hall–Kier alpha value is -3.18. The van der Waals surface area contributed by atoms with E-state index < -0.39 is 21.1 Å². The Morgan fingerprint density at radius 1 is 1.00 bits per heavy atom. The predicted octanol–water partition coefficient (Wildman–Crippen LogP) is 7.11. The maximum Gasteiger partial charge on any atom is 0.326 e. The maximum atomic E-state index is 15.0. The number of amidine groups is 1. The van der Waals surface area contributed by atoms with Gasteiger partial charge in [-0.05, 0) is 69.0 Å². The molecule has 0 saturated carbocycles. The Morgan fingerprint density at radius 2 is 1.55 bits per heavy atom. The summed E-state index contributed by atoms with van der Waals surface area (Å²) in [7, 11) is -3.38. The van der Waals surface area contributed by atoms with Crippen LogP contribution in [-0.4, -0.2) is 67.1 Å². The highest BCUT2D eigenvalue weighted by atomic mass is 35.5. The summed E-state index contributed by atoms with van der Waals surface area (Å²) in [5.74, 6) is 1.01. The lowest BCUT2D eigenvalue weighted by molar-refractivity contribution is 0.100. The summed E-state index contributed by atoms with van der Waals surface area (Å²) in [6.45, 7) is 13.4. The molecule has 2 aliphatic heterocycles. The molecule has 0 aliphatic carbocycles. The highest BCUT2D eigenvalue weighted by molar-refractivity contribution is 7.88.